The molecule has 98 valence electrons. The van der Waals surface area contributed by atoms with Crippen LogP contribution in [0.5, 0.6) is 11.5 Å². The van der Waals surface area contributed by atoms with Crippen LogP contribution in [0.4, 0.5) is 0 Å². The summed E-state index contributed by atoms with van der Waals surface area (Å²) < 4.78 is 10.7. The van der Waals surface area contributed by atoms with E-state index >= 15 is 0 Å². The number of benzene rings is 1. The van der Waals surface area contributed by atoms with E-state index in [0.717, 1.165) is 5.75 Å². The van der Waals surface area contributed by atoms with Crippen molar-refractivity contribution in [2.45, 2.75) is 13.0 Å². The third-order valence-corrected chi connectivity index (χ3v) is 2.71. The average molecular weight is 251 g/mol. The Morgan fingerprint density at radius 3 is 2.33 bits per heavy atom. The van der Waals surface area contributed by atoms with E-state index in [1.807, 2.05) is 6.92 Å². The third-order valence-electron chi connectivity index (χ3n) is 2.71. The number of hydrogen-bond donors (Lipinski definition) is 1. The molecule has 0 aliphatic carbocycles. The molecular weight excluding hydrogens is 234 g/mol. The molecule has 1 saturated heterocycles. The van der Waals surface area contributed by atoms with Gasteiger partial charge in [-0.1, -0.05) is 0 Å². The van der Waals surface area contributed by atoms with E-state index in [0.29, 0.717) is 25.4 Å². The summed E-state index contributed by atoms with van der Waals surface area (Å²) >= 11 is 0. The number of likely N-dealkylation sites (tertiary alicyclic amines) is 1. The van der Waals surface area contributed by atoms with Gasteiger partial charge in [-0.05, 0) is 31.2 Å². The van der Waals surface area contributed by atoms with Gasteiger partial charge in [0.1, 0.15) is 11.5 Å². The molecule has 2 rings (SSSR count). The van der Waals surface area contributed by atoms with Crippen molar-refractivity contribution in [3.05, 3.63) is 24.3 Å². The van der Waals surface area contributed by atoms with Crippen LogP contribution < -0.4 is 9.47 Å². The zero-order valence-electron chi connectivity index (χ0n) is 10.3. The number of rotatable bonds is 5. The summed E-state index contributed by atoms with van der Waals surface area (Å²) in [5.74, 6) is 1.31. The zero-order chi connectivity index (χ0) is 13.0. The second-order valence-corrected chi connectivity index (χ2v) is 4.15. The van der Waals surface area contributed by atoms with E-state index in [2.05, 4.69) is 0 Å². The Bertz CT molecular complexity index is 398. The largest absolute Gasteiger partial charge is 0.494 e. The van der Waals surface area contributed by atoms with Crippen LogP contribution in [0, 0.1) is 0 Å². The Morgan fingerprint density at radius 2 is 1.83 bits per heavy atom. The maximum Gasteiger partial charge on any atom is 0.260 e. The molecule has 1 N–H and O–H groups in total. The van der Waals surface area contributed by atoms with Crippen molar-refractivity contribution < 1.29 is 19.4 Å². The quantitative estimate of drug-likeness (QED) is 0.835. The predicted octanol–water partition coefficient (Wildman–Crippen LogP) is 0.667. The molecule has 0 unspecified atom stereocenters. The summed E-state index contributed by atoms with van der Waals surface area (Å²) in [6.07, 6.45) is -0.376. The van der Waals surface area contributed by atoms with E-state index in [9.17, 15) is 4.79 Å². The lowest BCUT2D eigenvalue weighted by Crippen LogP contribution is -2.54. The number of aliphatic hydroxyl groups excluding tert-OH is 1. The molecule has 1 aliphatic rings. The first kappa shape index (κ1) is 12.7. The summed E-state index contributed by atoms with van der Waals surface area (Å²) in [7, 11) is 0. The van der Waals surface area contributed by atoms with E-state index in [1.165, 1.54) is 0 Å². The molecule has 0 bridgehead atoms. The van der Waals surface area contributed by atoms with Gasteiger partial charge in [0.2, 0.25) is 0 Å². The number of β-amino-alcohol motifs (C(OH)–C–C–N with tert-alkyl or cyclic N) is 1. The summed E-state index contributed by atoms with van der Waals surface area (Å²) in [6.45, 7) is 3.36. The number of amides is 1. The molecule has 1 amide bonds. The van der Waals surface area contributed by atoms with Crippen LogP contribution >= 0.6 is 0 Å². The van der Waals surface area contributed by atoms with E-state index in [-0.39, 0.29) is 18.6 Å². The second kappa shape index (κ2) is 5.73. The van der Waals surface area contributed by atoms with E-state index in [4.69, 9.17) is 14.6 Å². The molecule has 1 heterocycles. The SMILES string of the molecule is CCOc1ccc(OCC(=O)N2CC(O)C2)cc1. The Balaban J connectivity index is 1.77. The summed E-state index contributed by atoms with van der Waals surface area (Å²) in [6, 6.07) is 7.14. The van der Waals surface area contributed by atoms with Gasteiger partial charge < -0.3 is 19.5 Å². The minimum atomic E-state index is -0.376. The van der Waals surface area contributed by atoms with Crippen molar-refractivity contribution in [2.24, 2.45) is 0 Å². The van der Waals surface area contributed by atoms with Crippen LogP contribution in [0.15, 0.2) is 24.3 Å². The normalized spacial score (nSPS) is 15.1. The summed E-state index contributed by atoms with van der Waals surface area (Å²) in [5, 5.41) is 9.08. The van der Waals surface area contributed by atoms with Crippen molar-refractivity contribution >= 4 is 5.91 Å². The monoisotopic (exact) mass is 251 g/mol. The van der Waals surface area contributed by atoms with Crippen LogP contribution in [0.3, 0.4) is 0 Å². The fourth-order valence-electron chi connectivity index (χ4n) is 1.69. The van der Waals surface area contributed by atoms with E-state index < -0.39 is 0 Å². The van der Waals surface area contributed by atoms with Gasteiger partial charge in [-0.2, -0.15) is 0 Å². The minimum Gasteiger partial charge on any atom is -0.494 e. The van der Waals surface area contributed by atoms with Gasteiger partial charge in [0, 0.05) is 13.1 Å². The molecule has 0 radical (unpaired) electrons. The van der Waals surface area contributed by atoms with Gasteiger partial charge in [-0.3, -0.25) is 4.79 Å². The standard InChI is InChI=1S/C13H17NO4/c1-2-17-11-3-5-12(6-4-11)18-9-13(16)14-7-10(15)8-14/h3-6,10,15H,2,7-9H2,1H3. The second-order valence-electron chi connectivity index (χ2n) is 4.15. The van der Waals surface area contributed by atoms with Crippen LogP contribution in [0.2, 0.25) is 0 Å². The Hall–Kier alpha value is -1.75. The molecule has 0 atom stereocenters. The Morgan fingerprint density at radius 1 is 1.28 bits per heavy atom. The maximum atomic E-state index is 11.6. The van der Waals surface area contributed by atoms with Gasteiger partial charge in [0.15, 0.2) is 6.61 Å². The predicted molar refractivity (Wildman–Crippen MR) is 65.7 cm³/mol. The lowest BCUT2D eigenvalue weighted by Gasteiger charge is -2.35. The van der Waals surface area contributed by atoms with Crippen molar-refractivity contribution in [1.29, 1.82) is 0 Å². The highest BCUT2D eigenvalue weighted by molar-refractivity contribution is 5.78. The highest BCUT2D eigenvalue weighted by Gasteiger charge is 2.28. The lowest BCUT2D eigenvalue weighted by molar-refractivity contribution is -0.143. The van der Waals surface area contributed by atoms with Crippen molar-refractivity contribution in [3.63, 3.8) is 0 Å². The molecule has 0 spiro atoms. The van der Waals surface area contributed by atoms with Crippen LogP contribution in [0.1, 0.15) is 6.92 Å². The Kier molecular flexibility index (Phi) is 4.04. The maximum absolute atomic E-state index is 11.6. The van der Waals surface area contributed by atoms with Gasteiger partial charge in [-0.15, -0.1) is 0 Å². The zero-order valence-corrected chi connectivity index (χ0v) is 10.3. The smallest absolute Gasteiger partial charge is 0.260 e. The fourth-order valence-corrected chi connectivity index (χ4v) is 1.69. The van der Waals surface area contributed by atoms with Gasteiger partial charge >= 0.3 is 0 Å². The van der Waals surface area contributed by atoms with Crippen molar-refractivity contribution in [3.8, 4) is 11.5 Å². The molecule has 1 aliphatic heterocycles. The summed E-state index contributed by atoms with van der Waals surface area (Å²) in [5.41, 5.74) is 0. The topological polar surface area (TPSA) is 59.0 Å². The number of nitrogens with zero attached hydrogens (tertiary/aromatic N) is 1. The first-order chi connectivity index (χ1) is 8.69. The number of carbonyl (C=O) groups excluding carboxylic acids is 1. The van der Waals surface area contributed by atoms with Gasteiger partial charge in [-0.25, -0.2) is 0 Å². The minimum absolute atomic E-state index is 0.000696. The van der Waals surface area contributed by atoms with Crippen LogP contribution in [0.25, 0.3) is 0 Å². The molecule has 1 fully saturated rings. The first-order valence-electron chi connectivity index (χ1n) is 6.00. The molecule has 1 aromatic rings. The Labute approximate surface area is 106 Å². The van der Waals surface area contributed by atoms with Gasteiger partial charge in [0.05, 0.1) is 12.7 Å². The number of aliphatic hydroxyl groups is 1. The molecule has 5 heteroatoms. The molecule has 1 aromatic carbocycles. The fraction of sp³-hybridized carbons (Fsp3) is 0.462. The average Bonchev–Trinajstić information content (AvgIpc) is 2.34. The molecule has 18 heavy (non-hydrogen) atoms. The molecule has 0 aromatic heterocycles. The lowest BCUT2D eigenvalue weighted by atomic mass is 10.2. The van der Waals surface area contributed by atoms with E-state index in [1.54, 1.807) is 29.2 Å². The molecule has 0 saturated carbocycles. The van der Waals surface area contributed by atoms with Crippen LogP contribution in [-0.4, -0.2) is 48.3 Å². The van der Waals surface area contributed by atoms with Crippen molar-refractivity contribution in [2.75, 3.05) is 26.3 Å². The highest BCUT2D eigenvalue weighted by atomic mass is 16.5. The number of hydrogen-bond acceptors (Lipinski definition) is 4. The number of carbonyl (C=O) groups is 1. The molecule has 5 nitrogen and oxygen atoms in total. The highest BCUT2D eigenvalue weighted by Crippen LogP contribution is 2.17. The summed E-state index contributed by atoms with van der Waals surface area (Å²) in [4.78, 5) is 13.1. The van der Waals surface area contributed by atoms with Crippen molar-refractivity contribution in [1.82, 2.24) is 4.90 Å². The first-order valence-corrected chi connectivity index (χ1v) is 6.00. The third kappa shape index (κ3) is 3.13. The van der Waals surface area contributed by atoms with Crippen LogP contribution in [-0.2, 0) is 4.79 Å². The molecular formula is C13H17NO4. The van der Waals surface area contributed by atoms with Gasteiger partial charge in [0.25, 0.3) is 5.91 Å². The number of ether oxygens (including phenoxy) is 2.